The SMILES string of the molecule is CC[C@H](C)NC(=O)[C@H](CC)N(Cc1ccc(Cl)cc1Cl)C(=O)Cc1ccc(Cl)c(Cl)c1. The third-order valence-corrected chi connectivity index (χ3v) is 6.41. The maximum atomic E-state index is 13.4. The quantitative estimate of drug-likeness (QED) is 0.421. The predicted octanol–water partition coefficient (Wildman–Crippen LogP) is 6.56. The second-order valence-electron chi connectivity index (χ2n) is 7.42. The van der Waals surface area contributed by atoms with Crippen molar-refractivity contribution in [1.29, 1.82) is 0 Å². The van der Waals surface area contributed by atoms with Crippen molar-refractivity contribution < 1.29 is 9.59 Å². The molecule has 0 saturated heterocycles. The first-order valence-corrected chi connectivity index (χ1v) is 11.6. The molecule has 2 aromatic rings. The Morgan fingerprint density at radius 3 is 2.23 bits per heavy atom. The van der Waals surface area contributed by atoms with Crippen molar-refractivity contribution in [3.8, 4) is 0 Å². The van der Waals surface area contributed by atoms with Gasteiger partial charge in [0.2, 0.25) is 11.8 Å². The lowest BCUT2D eigenvalue weighted by atomic mass is 10.1. The van der Waals surface area contributed by atoms with Crippen LogP contribution in [-0.2, 0) is 22.6 Å². The summed E-state index contributed by atoms with van der Waals surface area (Å²) in [5, 5.41) is 4.72. The number of nitrogens with one attached hydrogen (secondary N) is 1. The molecule has 1 N–H and O–H groups in total. The van der Waals surface area contributed by atoms with E-state index in [1.54, 1.807) is 41.3 Å². The third-order valence-electron chi connectivity index (χ3n) is 5.08. The molecule has 0 saturated carbocycles. The van der Waals surface area contributed by atoms with Gasteiger partial charge in [-0.15, -0.1) is 0 Å². The normalized spacial score (nSPS) is 12.9. The van der Waals surface area contributed by atoms with E-state index in [2.05, 4.69) is 5.32 Å². The molecule has 2 aromatic carbocycles. The fourth-order valence-electron chi connectivity index (χ4n) is 3.12. The summed E-state index contributed by atoms with van der Waals surface area (Å²) in [5.74, 6) is -0.403. The van der Waals surface area contributed by atoms with Crippen LogP contribution in [0.5, 0.6) is 0 Å². The molecular weight excluding hydrogens is 478 g/mol. The molecule has 2 amide bonds. The Hall–Kier alpha value is -1.46. The summed E-state index contributed by atoms with van der Waals surface area (Å²) in [7, 11) is 0. The number of amides is 2. The molecule has 168 valence electrons. The van der Waals surface area contributed by atoms with Gasteiger partial charge in [0, 0.05) is 22.6 Å². The molecule has 4 nitrogen and oxygen atoms in total. The largest absolute Gasteiger partial charge is 0.352 e. The number of hydrogen-bond acceptors (Lipinski definition) is 2. The lowest BCUT2D eigenvalue weighted by Gasteiger charge is -2.32. The molecular formula is C23H26Cl4N2O2. The minimum atomic E-state index is -0.643. The Labute approximate surface area is 203 Å². The van der Waals surface area contributed by atoms with Crippen LogP contribution in [0.15, 0.2) is 36.4 Å². The highest BCUT2D eigenvalue weighted by Crippen LogP contribution is 2.26. The van der Waals surface area contributed by atoms with Gasteiger partial charge in [0.05, 0.1) is 16.5 Å². The molecule has 0 aliphatic carbocycles. The van der Waals surface area contributed by atoms with Gasteiger partial charge in [-0.1, -0.05) is 72.4 Å². The minimum Gasteiger partial charge on any atom is -0.352 e. The van der Waals surface area contributed by atoms with Crippen molar-refractivity contribution in [3.05, 3.63) is 67.6 Å². The Bertz CT molecular complexity index is 936. The van der Waals surface area contributed by atoms with E-state index in [4.69, 9.17) is 46.4 Å². The summed E-state index contributed by atoms with van der Waals surface area (Å²) < 4.78 is 0. The zero-order valence-corrected chi connectivity index (χ0v) is 20.7. The van der Waals surface area contributed by atoms with Gasteiger partial charge in [0.1, 0.15) is 6.04 Å². The smallest absolute Gasteiger partial charge is 0.243 e. The van der Waals surface area contributed by atoms with Crippen LogP contribution in [0.25, 0.3) is 0 Å². The van der Waals surface area contributed by atoms with Crippen LogP contribution in [0, 0.1) is 0 Å². The van der Waals surface area contributed by atoms with Gasteiger partial charge < -0.3 is 10.2 Å². The summed E-state index contributed by atoms with van der Waals surface area (Å²) in [5.41, 5.74) is 1.42. The number of rotatable bonds is 9. The number of carbonyl (C=O) groups excluding carboxylic acids is 2. The van der Waals surface area contributed by atoms with Crippen LogP contribution in [0.2, 0.25) is 20.1 Å². The van der Waals surface area contributed by atoms with Crippen LogP contribution < -0.4 is 5.32 Å². The molecule has 2 atom stereocenters. The molecule has 0 aliphatic rings. The van der Waals surface area contributed by atoms with Crippen LogP contribution in [0.3, 0.4) is 0 Å². The second-order valence-corrected chi connectivity index (χ2v) is 9.08. The first kappa shape index (κ1) is 25.8. The molecule has 0 bridgehead atoms. The van der Waals surface area contributed by atoms with Gasteiger partial charge in [-0.3, -0.25) is 9.59 Å². The number of benzene rings is 2. The first-order valence-electron chi connectivity index (χ1n) is 10.1. The van der Waals surface area contributed by atoms with E-state index >= 15 is 0 Å². The van der Waals surface area contributed by atoms with Crippen LogP contribution in [0.4, 0.5) is 0 Å². The summed E-state index contributed by atoms with van der Waals surface area (Å²) in [4.78, 5) is 27.9. The van der Waals surface area contributed by atoms with Gasteiger partial charge in [-0.25, -0.2) is 0 Å². The second kappa shape index (κ2) is 12.0. The first-order chi connectivity index (χ1) is 14.7. The molecule has 0 radical (unpaired) electrons. The molecule has 8 heteroatoms. The Morgan fingerprint density at radius 1 is 0.935 bits per heavy atom. The Kier molecular flexibility index (Phi) is 9.95. The van der Waals surface area contributed by atoms with Crippen molar-refractivity contribution in [2.45, 2.75) is 58.7 Å². The molecule has 0 aliphatic heterocycles. The summed E-state index contributed by atoms with van der Waals surface area (Å²) >= 11 is 24.5. The molecule has 0 aromatic heterocycles. The van der Waals surface area contributed by atoms with Crippen molar-refractivity contribution in [2.75, 3.05) is 0 Å². The zero-order chi connectivity index (χ0) is 23.1. The van der Waals surface area contributed by atoms with Gasteiger partial charge >= 0.3 is 0 Å². The summed E-state index contributed by atoms with van der Waals surface area (Å²) in [6.07, 6.45) is 1.33. The molecule has 0 fully saturated rings. The summed E-state index contributed by atoms with van der Waals surface area (Å²) in [6, 6.07) is 9.53. The van der Waals surface area contributed by atoms with E-state index in [9.17, 15) is 9.59 Å². The number of carbonyl (C=O) groups is 2. The van der Waals surface area contributed by atoms with E-state index in [0.717, 1.165) is 6.42 Å². The molecule has 2 rings (SSSR count). The average molecular weight is 504 g/mol. The van der Waals surface area contributed by atoms with E-state index in [-0.39, 0.29) is 30.8 Å². The highest BCUT2D eigenvalue weighted by molar-refractivity contribution is 6.42. The lowest BCUT2D eigenvalue weighted by molar-refractivity contribution is -0.141. The van der Waals surface area contributed by atoms with E-state index in [1.807, 2.05) is 20.8 Å². The summed E-state index contributed by atoms with van der Waals surface area (Å²) in [6.45, 7) is 5.99. The molecule has 0 spiro atoms. The number of hydrogen-bond donors (Lipinski definition) is 1. The van der Waals surface area contributed by atoms with Gasteiger partial charge in [-0.2, -0.15) is 0 Å². The highest BCUT2D eigenvalue weighted by atomic mass is 35.5. The number of nitrogens with zero attached hydrogens (tertiary/aromatic N) is 1. The zero-order valence-electron chi connectivity index (χ0n) is 17.7. The van der Waals surface area contributed by atoms with E-state index < -0.39 is 6.04 Å². The van der Waals surface area contributed by atoms with E-state index in [0.29, 0.717) is 37.6 Å². The maximum Gasteiger partial charge on any atom is 0.243 e. The van der Waals surface area contributed by atoms with Gasteiger partial charge in [0.25, 0.3) is 0 Å². The van der Waals surface area contributed by atoms with Crippen molar-refractivity contribution >= 4 is 58.2 Å². The van der Waals surface area contributed by atoms with Crippen LogP contribution >= 0.6 is 46.4 Å². The number of halogens is 4. The van der Waals surface area contributed by atoms with Crippen molar-refractivity contribution in [1.82, 2.24) is 10.2 Å². The maximum absolute atomic E-state index is 13.4. The van der Waals surface area contributed by atoms with Crippen LogP contribution in [0.1, 0.15) is 44.7 Å². The topological polar surface area (TPSA) is 49.4 Å². The third kappa shape index (κ3) is 7.28. The molecule has 0 unspecified atom stereocenters. The van der Waals surface area contributed by atoms with Gasteiger partial charge in [0.15, 0.2) is 0 Å². The molecule has 31 heavy (non-hydrogen) atoms. The van der Waals surface area contributed by atoms with Crippen molar-refractivity contribution in [3.63, 3.8) is 0 Å². The van der Waals surface area contributed by atoms with Crippen LogP contribution in [-0.4, -0.2) is 28.8 Å². The van der Waals surface area contributed by atoms with Crippen molar-refractivity contribution in [2.24, 2.45) is 0 Å². The highest BCUT2D eigenvalue weighted by Gasteiger charge is 2.29. The predicted molar refractivity (Wildman–Crippen MR) is 129 cm³/mol. The Balaban J connectivity index is 2.35. The standard InChI is InChI=1S/C23H26Cl4N2O2/c1-4-14(3)28-23(31)21(5-2)29(13-16-7-8-17(24)12-19(16)26)22(30)11-15-6-9-18(25)20(27)10-15/h6-10,12,14,21H,4-5,11,13H2,1-3H3,(H,28,31)/t14-,21-/m0/s1. The van der Waals surface area contributed by atoms with E-state index in [1.165, 1.54) is 0 Å². The minimum absolute atomic E-state index is 0.00712. The fraction of sp³-hybridized carbons (Fsp3) is 0.391. The monoisotopic (exact) mass is 502 g/mol. The van der Waals surface area contributed by atoms with Gasteiger partial charge in [-0.05, 0) is 55.2 Å². The molecule has 0 heterocycles. The average Bonchev–Trinajstić information content (AvgIpc) is 2.71. The lowest BCUT2D eigenvalue weighted by Crippen LogP contribution is -2.51. The fourth-order valence-corrected chi connectivity index (χ4v) is 3.91. The Morgan fingerprint density at radius 2 is 1.65 bits per heavy atom.